The molecule has 0 saturated carbocycles. The van der Waals surface area contributed by atoms with Crippen LogP contribution in [0, 0.1) is 5.92 Å². The van der Waals surface area contributed by atoms with E-state index in [1.807, 2.05) is 7.05 Å². The van der Waals surface area contributed by atoms with E-state index in [2.05, 4.69) is 19.2 Å². The Morgan fingerprint density at radius 2 is 1.92 bits per heavy atom. The number of nitrogens with one attached hydrogen (secondary N) is 1. The Kier molecular flexibility index (Phi) is 5.56. The maximum absolute atomic E-state index is 11.1. The number of sulfone groups is 1. The predicted octanol–water partition coefficient (Wildman–Crippen LogP) is 1.06. The molecule has 0 amide bonds. The van der Waals surface area contributed by atoms with Gasteiger partial charge in [0.15, 0.2) is 0 Å². The molecule has 2 unspecified atom stereocenters. The molecule has 80 valence electrons. The van der Waals surface area contributed by atoms with E-state index < -0.39 is 9.84 Å². The Morgan fingerprint density at radius 1 is 1.38 bits per heavy atom. The molecule has 0 radical (unpaired) electrons. The molecule has 0 spiro atoms. The van der Waals surface area contributed by atoms with Gasteiger partial charge in [0.1, 0.15) is 9.84 Å². The molecule has 0 aromatic rings. The van der Waals surface area contributed by atoms with Gasteiger partial charge in [-0.05, 0) is 19.4 Å². The zero-order chi connectivity index (χ0) is 10.5. The minimum atomic E-state index is -2.86. The van der Waals surface area contributed by atoms with Gasteiger partial charge in [-0.2, -0.15) is 0 Å². The second kappa shape index (κ2) is 5.60. The van der Waals surface area contributed by atoms with Gasteiger partial charge in [-0.1, -0.05) is 20.3 Å². The van der Waals surface area contributed by atoms with Gasteiger partial charge in [-0.25, -0.2) is 8.42 Å². The van der Waals surface area contributed by atoms with Gasteiger partial charge < -0.3 is 5.32 Å². The molecule has 0 aliphatic rings. The maximum Gasteiger partial charge on any atom is 0.148 e. The van der Waals surface area contributed by atoms with Crippen molar-refractivity contribution in [2.24, 2.45) is 5.92 Å². The van der Waals surface area contributed by atoms with E-state index in [1.165, 1.54) is 6.26 Å². The SMILES string of the molecule is CCCC(C)C(CS(C)(=O)=O)NC. The molecule has 2 atom stereocenters. The summed E-state index contributed by atoms with van der Waals surface area (Å²) in [5.74, 6) is 0.662. The van der Waals surface area contributed by atoms with Gasteiger partial charge in [0.05, 0.1) is 5.75 Å². The van der Waals surface area contributed by atoms with Crippen molar-refractivity contribution in [2.75, 3.05) is 19.1 Å². The molecule has 0 heterocycles. The summed E-state index contributed by atoms with van der Waals surface area (Å²) in [5, 5.41) is 3.06. The zero-order valence-electron chi connectivity index (χ0n) is 9.00. The van der Waals surface area contributed by atoms with Gasteiger partial charge in [-0.3, -0.25) is 0 Å². The minimum absolute atomic E-state index is 0.0925. The Hall–Kier alpha value is -0.0900. The van der Waals surface area contributed by atoms with Crippen molar-refractivity contribution in [1.29, 1.82) is 0 Å². The van der Waals surface area contributed by atoms with Gasteiger partial charge in [-0.15, -0.1) is 0 Å². The van der Waals surface area contributed by atoms with E-state index in [0.717, 1.165) is 12.8 Å². The smallest absolute Gasteiger partial charge is 0.148 e. The quantitative estimate of drug-likeness (QED) is 0.708. The molecule has 3 nitrogen and oxygen atoms in total. The summed E-state index contributed by atoms with van der Waals surface area (Å²) in [4.78, 5) is 0. The highest BCUT2D eigenvalue weighted by Crippen LogP contribution is 2.11. The topological polar surface area (TPSA) is 46.2 Å². The average Bonchev–Trinajstić information content (AvgIpc) is 1.99. The van der Waals surface area contributed by atoms with Crippen LogP contribution in [0.1, 0.15) is 26.7 Å². The van der Waals surface area contributed by atoms with Gasteiger partial charge in [0.25, 0.3) is 0 Å². The van der Waals surface area contributed by atoms with Gasteiger partial charge >= 0.3 is 0 Å². The predicted molar refractivity (Wildman–Crippen MR) is 56.6 cm³/mol. The van der Waals surface area contributed by atoms with Crippen molar-refractivity contribution in [2.45, 2.75) is 32.7 Å². The Labute approximate surface area is 81.8 Å². The third-order valence-electron chi connectivity index (χ3n) is 2.28. The fourth-order valence-corrected chi connectivity index (χ4v) is 2.66. The summed E-state index contributed by atoms with van der Waals surface area (Å²) in [6.07, 6.45) is 3.46. The number of hydrogen-bond acceptors (Lipinski definition) is 3. The Morgan fingerprint density at radius 3 is 2.23 bits per heavy atom. The van der Waals surface area contributed by atoms with Crippen LogP contribution in [0.25, 0.3) is 0 Å². The summed E-state index contributed by atoms with van der Waals surface area (Å²) in [7, 11) is -1.04. The largest absolute Gasteiger partial charge is 0.316 e. The van der Waals surface area contributed by atoms with Gasteiger partial charge in [0.2, 0.25) is 0 Å². The van der Waals surface area contributed by atoms with Crippen LogP contribution in [0.3, 0.4) is 0 Å². The molecule has 0 aromatic heterocycles. The van der Waals surface area contributed by atoms with E-state index in [4.69, 9.17) is 0 Å². The first-order chi connectivity index (χ1) is 5.90. The van der Waals surface area contributed by atoms with Crippen molar-refractivity contribution < 1.29 is 8.42 Å². The Balaban J connectivity index is 4.18. The van der Waals surface area contributed by atoms with E-state index in [9.17, 15) is 8.42 Å². The molecule has 4 heteroatoms. The molecule has 0 saturated heterocycles. The number of rotatable bonds is 6. The van der Waals surface area contributed by atoms with Crippen molar-refractivity contribution >= 4 is 9.84 Å². The lowest BCUT2D eigenvalue weighted by molar-refractivity contribution is 0.397. The lowest BCUT2D eigenvalue weighted by atomic mass is 9.98. The first-order valence-corrected chi connectivity index (χ1v) is 6.81. The van der Waals surface area contributed by atoms with Crippen LogP contribution >= 0.6 is 0 Å². The third kappa shape index (κ3) is 6.05. The lowest BCUT2D eigenvalue weighted by Crippen LogP contribution is -2.38. The highest BCUT2D eigenvalue weighted by atomic mass is 32.2. The number of hydrogen-bond donors (Lipinski definition) is 1. The monoisotopic (exact) mass is 207 g/mol. The summed E-state index contributed by atoms with van der Waals surface area (Å²) in [5.41, 5.74) is 0. The van der Waals surface area contributed by atoms with E-state index in [-0.39, 0.29) is 11.8 Å². The normalized spacial score (nSPS) is 16.9. The second-order valence-corrected chi connectivity index (χ2v) is 5.94. The first-order valence-electron chi connectivity index (χ1n) is 4.75. The summed E-state index contributed by atoms with van der Waals surface area (Å²) in [6.45, 7) is 4.21. The minimum Gasteiger partial charge on any atom is -0.316 e. The van der Waals surface area contributed by atoms with Gasteiger partial charge in [0, 0.05) is 12.3 Å². The molecule has 0 aliphatic heterocycles. The molecular weight excluding hydrogens is 186 g/mol. The maximum atomic E-state index is 11.1. The standard InChI is InChI=1S/C9H21NO2S/c1-5-6-8(2)9(10-3)7-13(4,11)12/h8-10H,5-7H2,1-4H3. The molecular formula is C9H21NO2S. The molecule has 0 aromatic carbocycles. The van der Waals surface area contributed by atoms with Crippen LogP contribution < -0.4 is 5.32 Å². The van der Waals surface area contributed by atoms with Crippen molar-refractivity contribution in [3.05, 3.63) is 0 Å². The average molecular weight is 207 g/mol. The summed E-state index contributed by atoms with van der Waals surface area (Å²) in [6, 6.07) is 0.0925. The highest BCUT2D eigenvalue weighted by molar-refractivity contribution is 7.90. The molecule has 0 fully saturated rings. The Bertz CT molecular complexity index is 224. The van der Waals surface area contributed by atoms with Crippen LogP contribution in [0.2, 0.25) is 0 Å². The molecule has 13 heavy (non-hydrogen) atoms. The molecule has 0 aliphatic carbocycles. The fourth-order valence-electron chi connectivity index (χ4n) is 1.51. The first kappa shape index (κ1) is 12.9. The molecule has 0 rings (SSSR count). The van der Waals surface area contributed by atoms with Crippen molar-refractivity contribution in [1.82, 2.24) is 5.32 Å². The van der Waals surface area contributed by atoms with Crippen LogP contribution in [0.15, 0.2) is 0 Å². The van der Waals surface area contributed by atoms with Crippen LogP contribution in [-0.4, -0.2) is 33.5 Å². The summed E-state index contributed by atoms with van der Waals surface area (Å²) >= 11 is 0. The zero-order valence-corrected chi connectivity index (χ0v) is 9.82. The van der Waals surface area contributed by atoms with E-state index in [1.54, 1.807) is 0 Å². The highest BCUT2D eigenvalue weighted by Gasteiger charge is 2.19. The second-order valence-electron chi connectivity index (χ2n) is 3.75. The van der Waals surface area contributed by atoms with Crippen molar-refractivity contribution in [3.63, 3.8) is 0 Å². The summed E-state index contributed by atoms with van der Waals surface area (Å²) < 4.78 is 22.1. The van der Waals surface area contributed by atoms with Crippen LogP contribution in [-0.2, 0) is 9.84 Å². The molecule has 1 N–H and O–H groups in total. The lowest BCUT2D eigenvalue weighted by Gasteiger charge is -2.22. The third-order valence-corrected chi connectivity index (χ3v) is 3.25. The van der Waals surface area contributed by atoms with Crippen molar-refractivity contribution in [3.8, 4) is 0 Å². The van der Waals surface area contributed by atoms with E-state index >= 15 is 0 Å². The van der Waals surface area contributed by atoms with E-state index in [0.29, 0.717) is 5.92 Å². The van der Waals surface area contributed by atoms with Crippen LogP contribution in [0.5, 0.6) is 0 Å². The van der Waals surface area contributed by atoms with Crippen LogP contribution in [0.4, 0.5) is 0 Å². The fraction of sp³-hybridized carbons (Fsp3) is 1.00. The molecule has 0 bridgehead atoms.